The zero-order valence-corrected chi connectivity index (χ0v) is 25.8. The number of carbonyl (C=O) groups excluding carboxylic acids is 6. The Bertz CT molecular complexity index is 1140. The van der Waals surface area contributed by atoms with E-state index in [2.05, 4.69) is 26.6 Å². The Labute approximate surface area is 250 Å². The van der Waals surface area contributed by atoms with Crippen LogP contribution in [0.4, 0.5) is 0 Å². The second-order valence-electron chi connectivity index (χ2n) is 11.4. The molecule has 1 saturated heterocycles. The Morgan fingerprint density at radius 3 is 1.93 bits per heavy atom. The maximum absolute atomic E-state index is 13.6. The van der Waals surface area contributed by atoms with E-state index in [0.717, 1.165) is 11.8 Å². The molecule has 232 valence electrons. The summed E-state index contributed by atoms with van der Waals surface area (Å²) in [5.41, 5.74) is 0.634. The van der Waals surface area contributed by atoms with Crippen molar-refractivity contribution in [2.75, 3.05) is 5.75 Å². The van der Waals surface area contributed by atoms with Gasteiger partial charge < -0.3 is 31.7 Å². The fourth-order valence-electron chi connectivity index (χ4n) is 4.38. The number of phenols is 1. The van der Waals surface area contributed by atoms with Crippen LogP contribution < -0.4 is 26.6 Å². The van der Waals surface area contributed by atoms with E-state index in [1.165, 1.54) is 26.0 Å². The third kappa shape index (κ3) is 11.3. The Morgan fingerprint density at radius 2 is 1.36 bits per heavy atom. The van der Waals surface area contributed by atoms with Crippen LogP contribution in [0.25, 0.3) is 0 Å². The Balaban J connectivity index is 2.49. The van der Waals surface area contributed by atoms with Gasteiger partial charge in [-0.2, -0.15) is 0 Å². The standard InChI is InChI=1S/C29H43N5O7S/c1-15(2)11-21-26(38)34-23(12-16(3)4)29(41)42-14-24(31-18(6)35)28(40)30-17(5)25(37)32-22(27(39)33-21)13-19-7-9-20(36)10-8-19/h7-10,15-17,21-24,36H,11-14H2,1-6H3,(H,30,40)(H,31,35)(H,32,37)(H,33,39)(H,34,38)/t17-,21-,22-,23-,24-/m0/s1. The first-order chi connectivity index (χ1) is 19.7. The molecule has 1 aliphatic heterocycles. The summed E-state index contributed by atoms with van der Waals surface area (Å²) in [6.45, 7) is 10.3. The van der Waals surface area contributed by atoms with Gasteiger partial charge in [-0.05, 0) is 49.3 Å². The van der Waals surface area contributed by atoms with Gasteiger partial charge in [-0.15, -0.1) is 0 Å². The molecule has 0 aliphatic carbocycles. The van der Waals surface area contributed by atoms with Crippen LogP contribution >= 0.6 is 11.8 Å². The quantitative estimate of drug-likeness (QED) is 0.263. The normalized spacial score (nSPS) is 25.0. The van der Waals surface area contributed by atoms with E-state index in [9.17, 15) is 33.9 Å². The zero-order chi connectivity index (χ0) is 31.6. The molecule has 5 amide bonds. The van der Waals surface area contributed by atoms with Crippen molar-refractivity contribution in [1.29, 1.82) is 0 Å². The molecule has 1 aliphatic rings. The number of nitrogens with one attached hydrogen (secondary N) is 5. The van der Waals surface area contributed by atoms with Crippen molar-refractivity contribution < 1.29 is 33.9 Å². The molecule has 0 unspecified atom stereocenters. The molecule has 1 heterocycles. The second kappa shape index (κ2) is 16.1. The first-order valence-electron chi connectivity index (χ1n) is 14.1. The van der Waals surface area contributed by atoms with Gasteiger partial charge in [-0.25, -0.2) is 0 Å². The summed E-state index contributed by atoms with van der Waals surface area (Å²) in [5.74, 6) is -3.02. The van der Waals surface area contributed by atoms with Gasteiger partial charge in [-0.1, -0.05) is 51.6 Å². The molecule has 0 spiro atoms. The third-order valence-electron chi connectivity index (χ3n) is 6.50. The van der Waals surface area contributed by atoms with Crippen molar-refractivity contribution in [1.82, 2.24) is 26.6 Å². The topological polar surface area (TPSA) is 183 Å². The van der Waals surface area contributed by atoms with E-state index >= 15 is 0 Å². The maximum Gasteiger partial charge on any atom is 0.244 e. The van der Waals surface area contributed by atoms with Crippen molar-refractivity contribution in [3.05, 3.63) is 29.8 Å². The van der Waals surface area contributed by atoms with Gasteiger partial charge in [-0.3, -0.25) is 28.8 Å². The van der Waals surface area contributed by atoms with Gasteiger partial charge in [0.2, 0.25) is 34.7 Å². The van der Waals surface area contributed by atoms with Crippen molar-refractivity contribution >= 4 is 46.4 Å². The first-order valence-corrected chi connectivity index (χ1v) is 15.1. The summed E-state index contributed by atoms with van der Waals surface area (Å²) >= 11 is 0.804. The van der Waals surface area contributed by atoms with Gasteiger partial charge in [0, 0.05) is 19.1 Å². The lowest BCUT2D eigenvalue weighted by Gasteiger charge is -2.28. The van der Waals surface area contributed by atoms with Crippen LogP contribution in [0.2, 0.25) is 0 Å². The highest BCUT2D eigenvalue weighted by Crippen LogP contribution is 2.17. The predicted molar refractivity (Wildman–Crippen MR) is 159 cm³/mol. The average Bonchev–Trinajstić information content (AvgIpc) is 2.89. The minimum absolute atomic E-state index is 0.0130. The molecular formula is C29H43N5O7S. The average molecular weight is 606 g/mol. The first kappa shape index (κ1) is 34.6. The van der Waals surface area contributed by atoms with Crippen molar-refractivity contribution in [3.8, 4) is 5.75 Å². The Kier molecular flexibility index (Phi) is 13.3. The van der Waals surface area contributed by atoms with Crippen LogP contribution in [-0.2, 0) is 35.2 Å². The lowest BCUT2D eigenvalue weighted by Crippen LogP contribution is -2.59. The van der Waals surface area contributed by atoms with E-state index < -0.39 is 64.9 Å². The molecule has 1 fully saturated rings. The van der Waals surface area contributed by atoms with E-state index in [1.807, 2.05) is 27.7 Å². The van der Waals surface area contributed by atoms with Crippen molar-refractivity contribution in [2.45, 2.75) is 91.0 Å². The lowest BCUT2D eigenvalue weighted by molar-refractivity contribution is -0.134. The van der Waals surface area contributed by atoms with Crippen LogP contribution in [0.1, 0.15) is 59.9 Å². The number of phenolic OH excluding ortho intramolecular Hbond substituents is 1. The Hall–Kier alpha value is -3.61. The fraction of sp³-hybridized carbons (Fsp3) is 0.586. The number of aromatic hydroxyl groups is 1. The molecule has 2 rings (SSSR count). The largest absolute Gasteiger partial charge is 0.508 e. The SMILES string of the molecule is CC(=O)N[C@H]1CSC(=O)[C@H](CC(C)C)NC(=O)[C@H](CC(C)C)NC(=O)[C@H](Cc2ccc(O)cc2)NC(=O)[C@H](C)NC1=O. The highest BCUT2D eigenvalue weighted by atomic mass is 32.2. The predicted octanol–water partition coefficient (Wildman–Crippen LogP) is 0.764. The number of amides is 5. The van der Waals surface area contributed by atoms with E-state index in [4.69, 9.17) is 0 Å². The minimum Gasteiger partial charge on any atom is -0.508 e. The maximum atomic E-state index is 13.6. The van der Waals surface area contributed by atoms with Crippen molar-refractivity contribution in [3.63, 3.8) is 0 Å². The smallest absolute Gasteiger partial charge is 0.244 e. The number of hydrogen-bond acceptors (Lipinski definition) is 8. The molecule has 1 aromatic rings. The molecule has 0 aromatic heterocycles. The molecule has 1 aromatic carbocycles. The molecule has 0 radical (unpaired) electrons. The summed E-state index contributed by atoms with van der Waals surface area (Å²) in [4.78, 5) is 78.3. The van der Waals surface area contributed by atoms with Gasteiger partial charge >= 0.3 is 0 Å². The molecule has 5 atom stereocenters. The highest BCUT2D eigenvalue weighted by molar-refractivity contribution is 8.13. The number of rotatable bonds is 7. The summed E-state index contributed by atoms with van der Waals surface area (Å²) in [6, 6.07) is 0.885. The van der Waals surface area contributed by atoms with Crippen LogP contribution in [-0.4, -0.2) is 75.7 Å². The molecule has 0 saturated carbocycles. The van der Waals surface area contributed by atoms with Crippen molar-refractivity contribution in [2.24, 2.45) is 11.8 Å². The summed E-state index contributed by atoms with van der Waals surface area (Å²) in [5, 5.41) is 22.5. The summed E-state index contributed by atoms with van der Waals surface area (Å²) in [7, 11) is 0. The van der Waals surface area contributed by atoms with Gasteiger partial charge in [0.15, 0.2) is 0 Å². The number of benzene rings is 1. The van der Waals surface area contributed by atoms with E-state index in [0.29, 0.717) is 12.0 Å². The monoisotopic (exact) mass is 605 g/mol. The summed E-state index contributed by atoms with van der Waals surface area (Å²) < 4.78 is 0. The highest BCUT2D eigenvalue weighted by Gasteiger charge is 2.33. The molecule has 42 heavy (non-hydrogen) atoms. The van der Waals surface area contributed by atoms with Crippen LogP contribution in [0.5, 0.6) is 5.75 Å². The van der Waals surface area contributed by atoms with Crippen LogP contribution in [0.3, 0.4) is 0 Å². The number of hydrogen-bond donors (Lipinski definition) is 6. The fourth-order valence-corrected chi connectivity index (χ4v) is 5.30. The molecule has 13 heteroatoms. The van der Waals surface area contributed by atoms with Gasteiger partial charge in [0.1, 0.15) is 29.9 Å². The molecule has 6 N–H and O–H groups in total. The molecule has 12 nitrogen and oxygen atoms in total. The van der Waals surface area contributed by atoms with E-state index in [1.54, 1.807) is 12.1 Å². The summed E-state index contributed by atoms with van der Waals surface area (Å²) in [6.07, 6.45) is 0.645. The Morgan fingerprint density at radius 1 is 0.833 bits per heavy atom. The van der Waals surface area contributed by atoms with Gasteiger partial charge in [0.05, 0.1) is 6.04 Å². The number of carbonyl (C=O) groups is 6. The third-order valence-corrected chi connectivity index (χ3v) is 7.56. The van der Waals surface area contributed by atoms with Gasteiger partial charge in [0.25, 0.3) is 0 Å². The van der Waals surface area contributed by atoms with Crippen LogP contribution in [0, 0.1) is 11.8 Å². The second-order valence-corrected chi connectivity index (χ2v) is 12.5. The lowest BCUT2D eigenvalue weighted by atomic mass is 9.99. The molecular weight excluding hydrogens is 562 g/mol. The van der Waals surface area contributed by atoms with E-state index in [-0.39, 0.29) is 36.2 Å². The minimum atomic E-state index is -1.13. The molecule has 0 bridgehead atoms. The number of thioether (sulfide) groups is 1. The van der Waals surface area contributed by atoms with Crippen LogP contribution in [0.15, 0.2) is 24.3 Å². The zero-order valence-electron chi connectivity index (χ0n) is 25.0.